The van der Waals surface area contributed by atoms with Crippen LogP contribution in [-0.2, 0) is 9.59 Å². The summed E-state index contributed by atoms with van der Waals surface area (Å²) in [4.78, 5) is 21.7. The van der Waals surface area contributed by atoms with Crippen molar-refractivity contribution in [3.63, 3.8) is 0 Å². The number of carbonyl (C=O) groups excluding carboxylic acids is 2. The molecule has 0 saturated heterocycles. The molecule has 60 valence electrons. The number of imide groups is 1. The van der Waals surface area contributed by atoms with Gasteiger partial charge in [0.15, 0.2) is 0 Å². The highest BCUT2D eigenvalue weighted by atomic mass is 16.2. The van der Waals surface area contributed by atoms with Gasteiger partial charge in [0.1, 0.15) is 0 Å². The van der Waals surface area contributed by atoms with Gasteiger partial charge in [-0.2, -0.15) is 0 Å². The molecule has 0 saturated carbocycles. The van der Waals surface area contributed by atoms with Crippen LogP contribution < -0.4 is 5.32 Å². The zero-order valence-corrected chi connectivity index (χ0v) is 6.68. The summed E-state index contributed by atoms with van der Waals surface area (Å²) in [5, 5.41) is 2.21. The van der Waals surface area contributed by atoms with Crippen LogP contribution >= 0.6 is 0 Å². The fraction of sp³-hybridized carbons (Fsp3) is 0.500. The van der Waals surface area contributed by atoms with Crippen LogP contribution in [0.1, 0.15) is 20.3 Å². The summed E-state index contributed by atoms with van der Waals surface area (Å²) >= 11 is 0. The van der Waals surface area contributed by atoms with Crippen LogP contribution in [0.5, 0.6) is 0 Å². The van der Waals surface area contributed by atoms with Crippen LogP contribution in [0.4, 0.5) is 0 Å². The second-order valence-corrected chi connectivity index (χ2v) is 2.73. The number of carbonyl (C=O) groups is 2. The first kappa shape index (κ1) is 7.98. The Labute approximate surface area is 65.5 Å². The fourth-order valence-corrected chi connectivity index (χ4v) is 1.01. The zero-order chi connectivity index (χ0) is 8.43. The molecule has 2 amide bonds. The summed E-state index contributed by atoms with van der Waals surface area (Å²) in [5.41, 5.74) is 0.609. The summed E-state index contributed by atoms with van der Waals surface area (Å²) in [6.45, 7) is 3.92. The highest BCUT2D eigenvalue weighted by Gasteiger charge is 2.23. The van der Waals surface area contributed by atoms with Gasteiger partial charge in [-0.15, -0.1) is 0 Å². The number of nitrogens with one attached hydrogen (secondary N) is 1. The maximum atomic E-state index is 11.0. The summed E-state index contributed by atoms with van der Waals surface area (Å²) in [5.74, 6) is -0.337. The van der Waals surface area contributed by atoms with Crippen molar-refractivity contribution in [3.8, 4) is 0 Å². The zero-order valence-electron chi connectivity index (χ0n) is 6.68. The molecule has 1 atom stereocenters. The largest absolute Gasteiger partial charge is 0.289 e. The average molecular weight is 153 g/mol. The van der Waals surface area contributed by atoms with Crippen LogP contribution in [-0.4, -0.2) is 11.8 Å². The van der Waals surface area contributed by atoms with Crippen molar-refractivity contribution in [1.82, 2.24) is 5.32 Å². The van der Waals surface area contributed by atoms with Crippen molar-refractivity contribution in [2.75, 3.05) is 0 Å². The van der Waals surface area contributed by atoms with Crippen LogP contribution in [0.2, 0.25) is 0 Å². The Morgan fingerprint density at radius 3 is 2.55 bits per heavy atom. The van der Waals surface area contributed by atoms with Gasteiger partial charge in [0.05, 0.1) is 0 Å². The van der Waals surface area contributed by atoms with Crippen LogP contribution in [0.25, 0.3) is 0 Å². The molecule has 1 aliphatic heterocycles. The monoisotopic (exact) mass is 153 g/mol. The van der Waals surface area contributed by atoms with Crippen molar-refractivity contribution < 1.29 is 9.59 Å². The van der Waals surface area contributed by atoms with Gasteiger partial charge in [0, 0.05) is 11.6 Å². The number of amides is 2. The van der Waals surface area contributed by atoms with Crippen molar-refractivity contribution in [1.29, 1.82) is 0 Å². The molecule has 11 heavy (non-hydrogen) atoms. The lowest BCUT2D eigenvalue weighted by Crippen LogP contribution is -2.23. The van der Waals surface area contributed by atoms with Gasteiger partial charge in [0.2, 0.25) is 0 Å². The van der Waals surface area contributed by atoms with E-state index in [1.165, 1.54) is 6.08 Å². The summed E-state index contributed by atoms with van der Waals surface area (Å²) in [7, 11) is 0. The van der Waals surface area contributed by atoms with E-state index >= 15 is 0 Å². The molecule has 1 heterocycles. The third-order valence-corrected chi connectivity index (χ3v) is 1.93. The third kappa shape index (κ3) is 1.48. The SMILES string of the molecule is CCC(C)C1=CC(=O)NC1=O. The molecule has 3 heteroatoms. The average Bonchev–Trinajstić information content (AvgIpc) is 2.28. The second kappa shape index (κ2) is 2.86. The first-order valence-electron chi connectivity index (χ1n) is 3.72. The topological polar surface area (TPSA) is 46.2 Å². The van der Waals surface area contributed by atoms with Gasteiger partial charge < -0.3 is 0 Å². The first-order chi connectivity index (χ1) is 5.15. The van der Waals surface area contributed by atoms with Crippen molar-refractivity contribution in [2.45, 2.75) is 20.3 Å². The molecule has 0 aromatic heterocycles. The Morgan fingerprint density at radius 1 is 1.55 bits per heavy atom. The predicted molar refractivity (Wildman–Crippen MR) is 40.7 cm³/mol. The Morgan fingerprint density at radius 2 is 2.18 bits per heavy atom. The molecule has 0 aromatic carbocycles. The van der Waals surface area contributed by atoms with E-state index in [0.717, 1.165) is 6.42 Å². The lowest BCUT2D eigenvalue weighted by atomic mass is 9.99. The summed E-state index contributed by atoms with van der Waals surface area (Å²) in [6, 6.07) is 0. The molecular weight excluding hydrogens is 142 g/mol. The Hall–Kier alpha value is -1.12. The number of rotatable bonds is 2. The fourth-order valence-electron chi connectivity index (χ4n) is 1.01. The molecule has 0 spiro atoms. The van der Waals surface area contributed by atoms with Crippen LogP contribution in [0, 0.1) is 5.92 Å². The van der Waals surface area contributed by atoms with Crippen LogP contribution in [0.15, 0.2) is 11.6 Å². The van der Waals surface area contributed by atoms with Gasteiger partial charge in [-0.25, -0.2) is 0 Å². The molecular formula is C8H11NO2. The lowest BCUT2D eigenvalue weighted by Gasteiger charge is -2.05. The van der Waals surface area contributed by atoms with Crippen LogP contribution in [0.3, 0.4) is 0 Å². The Bertz CT molecular complexity index is 230. The van der Waals surface area contributed by atoms with Gasteiger partial charge in [-0.05, 0) is 12.3 Å². The maximum absolute atomic E-state index is 11.0. The quantitative estimate of drug-likeness (QED) is 0.591. The van der Waals surface area contributed by atoms with Gasteiger partial charge in [-0.1, -0.05) is 13.8 Å². The minimum atomic E-state index is -0.287. The van der Waals surface area contributed by atoms with E-state index in [1.54, 1.807) is 0 Å². The molecule has 1 aliphatic rings. The van der Waals surface area contributed by atoms with E-state index < -0.39 is 0 Å². The van der Waals surface area contributed by atoms with E-state index in [9.17, 15) is 9.59 Å². The van der Waals surface area contributed by atoms with Crippen molar-refractivity contribution in [3.05, 3.63) is 11.6 Å². The van der Waals surface area contributed by atoms with Crippen molar-refractivity contribution in [2.24, 2.45) is 5.92 Å². The molecule has 1 N–H and O–H groups in total. The van der Waals surface area contributed by atoms with Gasteiger partial charge in [-0.3, -0.25) is 14.9 Å². The molecule has 0 aliphatic carbocycles. The number of hydrogen-bond donors (Lipinski definition) is 1. The molecule has 0 aromatic rings. The minimum Gasteiger partial charge on any atom is -0.289 e. The molecule has 1 rings (SSSR count). The van der Waals surface area contributed by atoms with E-state index in [2.05, 4.69) is 5.32 Å². The Balaban J connectivity index is 2.79. The molecule has 1 unspecified atom stereocenters. The van der Waals surface area contributed by atoms with E-state index in [-0.39, 0.29) is 17.7 Å². The van der Waals surface area contributed by atoms with E-state index in [1.807, 2.05) is 13.8 Å². The second-order valence-electron chi connectivity index (χ2n) is 2.73. The molecule has 3 nitrogen and oxygen atoms in total. The maximum Gasteiger partial charge on any atom is 0.254 e. The van der Waals surface area contributed by atoms with Gasteiger partial charge >= 0.3 is 0 Å². The van der Waals surface area contributed by atoms with Gasteiger partial charge in [0.25, 0.3) is 11.8 Å². The molecule has 0 bridgehead atoms. The lowest BCUT2D eigenvalue weighted by molar-refractivity contribution is -0.124. The summed E-state index contributed by atoms with van der Waals surface area (Å²) in [6.07, 6.45) is 2.27. The molecule has 0 radical (unpaired) electrons. The normalized spacial score (nSPS) is 19.6. The standard InChI is InChI=1S/C8H11NO2/c1-3-5(2)6-4-7(10)9-8(6)11/h4-5H,3H2,1-2H3,(H,9,10,11). The van der Waals surface area contributed by atoms with Crippen molar-refractivity contribution >= 4 is 11.8 Å². The highest BCUT2D eigenvalue weighted by Crippen LogP contribution is 2.16. The summed E-state index contributed by atoms with van der Waals surface area (Å²) < 4.78 is 0. The van der Waals surface area contributed by atoms with E-state index in [4.69, 9.17) is 0 Å². The predicted octanol–water partition coefficient (Wildman–Crippen LogP) is 0.615. The first-order valence-corrected chi connectivity index (χ1v) is 3.72. The smallest absolute Gasteiger partial charge is 0.254 e. The third-order valence-electron chi connectivity index (χ3n) is 1.93. The molecule has 0 fully saturated rings. The Kier molecular flexibility index (Phi) is 2.08. The highest BCUT2D eigenvalue weighted by molar-refractivity contribution is 6.16. The number of hydrogen-bond acceptors (Lipinski definition) is 2. The van der Waals surface area contributed by atoms with E-state index in [0.29, 0.717) is 5.57 Å². The minimum absolute atomic E-state index is 0.182.